The van der Waals surface area contributed by atoms with Crippen LogP contribution in [0.25, 0.3) is 0 Å². The Labute approximate surface area is 118 Å². The van der Waals surface area contributed by atoms with Gasteiger partial charge in [-0.15, -0.1) is 0 Å². The Morgan fingerprint density at radius 3 is 2.68 bits per heavy atom. The second kappa shape index (κ2) is 7.53. The van der Waals surface area contributed by atoms with Crippen molar-refractivity contribution in [3.05, 3.63) is 35.9 Å². The molecule has 1 heterocycles. The van der Waals surface area contributed by atoms with E-state index in [9.17, 15) is 4.79 Å². The minimum atomic E-state index is -0.0507. The number of hydrogen-bond acceptors (Lipinski definition) is 4. The van der Waals surface area contributed by atoms with Crippen LogP contribution in [0.5, 0.6) is 0 Å². The topological polar surface area (TPSA) is 41.6 Å². The maximum absolute atomic E-state index is 12.2. The van der Waals surface area contributed by atoms with E-state index in [-0.39, 0.29) is 11.2 Å². The number of hydrazine groups is 1. The quantitative estimate of drug-likeness (QED) is 0.883. The molecule has 19 heavy (non-hydrogen) atoms. The molecule has 1 saturated heterocycles. The van der Waals surface area contributed by atoms with Crippen molar-refractivity contribution in [2.45, 2.75) is 11.7 Å². The molecule has 0 aromatic heterocycles. The maximum Gasteiger partial charge on any atom is 0.247 e. The average molecular weight is 280 g/mol. The molecule has 1 N–H and O–H groups in total. The molecular weight excluding hydrogens is 260 g/mol. The van der Waals surface area contributed by atoms with E-state index in [1.54, 1.807) is 11.8 Å². The molecule has 1 amide bonds. The molecule has 1 aliphatic heterocycles. The molecule has 2 rings (SSSR count). The van der Waals surface area contributed by atoms with Crippen LogP contribution in [-0.4, -0.2) is 48.7 Å². The fourth-order valence-electron chi connectivity index (χ4n) is 2.01. The molecule has 0 aliphatic carbocycles. The van der Waals surface area contributed by atoms with Gasteiger partial charge in [0, 0.05) is 13.1 Å². The summed E-state index contributed by atoms with van der Waals surface area (Å²) in [4.78, 5) is 12.2. The zero-order chi connectivity index (χ0) is 13.5. The van der Waals surface area contributed by atoms with Crippen LogP contribution in [0.2, 0.25) is 0 Å². The van der Waals surface area contributed by atoms with Crippen LogP contribution >= 0.6 is 11.8 Å². The van der Waals surface area contributed by atoms with Gasteiger partial charge in [0.25, 0.3) is 0 Å². The van der Waals surface area contributed by atoms with Crippen LogP contribution < -0.4 is 5.43 Å². The van der Waals surface area contributed by atoms with E-state index in [2.05, 4.69) is 17.6 Å². The SMILES string of the molecule is CSC(Cc1ccccc1)C(=O)NN1CCOCC1. The van der Waals surface area contributed by atoms with Gasteiger partial charge in [-0.1, -0.05) is 30.3 Å². The van der Waals surface area contributed by atoms with E-state index in [1.807, 2.05) is 29.5 Å². The number of benzene rings is 1. The van der Waals surface area contributed by atoms with Crippen LogP contribution in [0, 0.1) is 0 Å². The number of thioether (sulfide) groups is 1. The smallest absolute Gasteiger partial charge is 0.247 e. The molecule has 1 aliphatic rings. The number of nitrogens with one attached hydrogen (secondary N) is 1. The monoisotopic (exact) mass is 280 g/mol. The highest BCUT2D eigenvalue weighted by Crippen LogP contribution is 2.14. The second-order valence-electron chi connectivity index (χ2n) is 4.49. The molecule has 0 radical (unpaired) electrons. The van der Waals surface area contributed by atoms with E-state index in [0.717, 1.165) is 19.5 Å². The van der Waals surface area contributed by atoms with Gasteiger partial charge in [0.2, 0.25) is 5.91 Å². The van der Waals surface area contributed by atoms with Gasteiger partial charge < -0.3 is 4.74 Å². The molecule has 1 atom stereocenters. The lowest BCUT2D eigenvalue weighted by Gasteiger charge is -2.28. The zero-order valence-corrected chi connectivity index (χ0v) is 12.0. The Morgan fingerprint density at radius 2 is 2.05 bits per heavy atom. The Morgan fingerprint density at radius 1 is 1.37 bits per heavy atom. The third kappa shape index (κ3) is 4.53. The van der Waals surface area contributed by atoms with Crippen molar-refractivity contribution in [1.82, 2.24) is 10.4 Å². The number of morpholine rings is 1. The summed E-state index contributed by atoms with van der Waals surface area (Å²) in [6.07, 6.45) is 2.74. The first-order valence-electron chi connectivity index (χ1n) is 6.49. The lowest BCUT2D eigenvalue weighted by molar-refractivity contribution is -0.127. The van der Waals surface area contributed by atoms with E-state index in [0.29, 0.717) is 13.2 Å². The van der Waals surface area contributed by atoms with Crippen molar-refractivity contribution in [3.8, 4) is 0 Å². The highest BCUT2D eigenvalue weighted by atomic mass is 32.2. The predicted molar refractivity (Wildman–Crippen MR) is 78.0 cm³/mol. The highest BCUT2D eigenvalue weighted by Gasteiger charge is 2.21. The molecule has 104 valence electrons. The molecule has 1 fully saturated rings. The van der Waals surface area contributed by atoms with Crippen molar-refractivity contribution in [1.29, 1.82) is 0 Å². The van der Waals surface area contributed by atoms with Crippen LogP contribution in [0.15, 0.2) is 30.3 Å². The van der Waals surface area contributed by atoms with Crippen molar-refractivity contribution < 1.29 is 9.53 Å². The molecule has 1 unspecified atom stereocenters. The molecule has 0 saturated carbocycles. The van der Waals surface area contributed by atoms with Gasteiger partial charge >= 0.3 is 0 Å². The Kier molecular flexibility index (Phi) is 5.69. The minimum Gasteiger partial charge on any atom is -0.379 e. The van der Waals surface area contributed by atoms with Crippen molar-refractivity contribution >= 4 is 17.7 Å². The fourth-order valence-corrected chi connectivity index (χ4v) is 2.64. The number of carbonyl (C=O) groups excluding carboxylic acids is 1. The van der Waals surface area contributed by atoms with Gasteiger partial charge in [0.05, 0.1) is 18.5 Å². The first kappa shape index (κ1) is 14.4. The van der Waals surface area contributed by atoms with Gasteiger partial charge in [-0.05, 0) is 18.2 Å². The van der Waals surface area contributed by atoms with Crippen LogP contribution in [-0.2, 0) is 16.0 Å². The summed E-state index contributed by atoms with van der Waals surface area (Å²) in [6.45, 7) is 2.89. The van der Waals surface area contributed by atoms with Crippen molar-refractivity contribution in [2.75, 3.05) is 32.6 Å². The number of ether oxygens (including phenoxy) is 1. The molecule has 5 heteroatoms. The molecule has 1 aromatic carbocycles. The third-order valence-corrected chi connectivity index (χ3v) is 4.07. The third-order valence-electron chi connectivity index (χ3n) is 3.12. The normalized spacial score (nSPS) is 17.9. The Bertz CT molecular complexity index is 394. The summed E-state index contributed by atoms with van der Waals surface area (Å²) >= 11 is 1.59. The van der Waals surface area contributed by atoms with Gasteiger partial charge in [-0.25, -0.2) is 5.01 Å². The second-order valence-corrected chi connectivity index (χ2v) is 5.53. The van der Waals surface area contributed by atoms with Gasteiger partial charge in [-0.3, -0.25) is 10.2 Å². The van der Waals surface area contributed by atoms with Crippen LogP contribution in [0.1, 0.15) is 5.56 Å². The van der Waals surface area contributed by atoms with Gasteiger partial charge in [-0.2, -0.15) is 11.8 Å². The number of rotatable bonds is 5. The molecule has 0 bridgehead atoms. The lowest BCUT2D eigenvalue weighted by Crippen LogP contribution is -2.51. The standard InChI is InChI=1S/C14H20N2O2S/c1-19-13(11-12-5-3-2-4-6-12)14(17)15-16-7-9-18-10-8-16/h2-6,13H,7-11H2,1H3,(H,15,17). The van der Waals surface area contributed by atoms with Crippen LogP contribution in [0.3, 0.4) is 0 Å². The fraction of sp³-hybridized carbons (Fsp3) is 0.500. The van der Waals surface area contributed by atoms with Crippen LogP contribution in [0.4, 0.5) is 0 Å². The zero-order valence-electron chi connectivity index (χ0n) is 11.2. The summed E-state index contributed by atoms with van der Waals surface area (Å²) in [6, 6.07) is 10.1. The molecule has 1 aromatic rings. The average Bonchev–Trinajstić information content (AvgIpc) is 2.47. The summed E-state index contributed by atoms with van der Waals surface area (Å²) in [5.41, 5.74) is 4.18. The van der Waals surface area contributed by atoms with E-state index in [4.69, 9.17) is 4.74 Å². The summed E-state index contributed by atoms with van der Waals surface area (Å²) in [5.74, 6) is 0.0817. The van der Waals surface area contributed by atoms with E-state index in [1.165, 1.54) is 5.56 Å². The van der Waals surface area contributed by atoms with Crippen molar-refractivity contribution in [2.24, 2.45) is 0 Å². The number of hydrogen-bond donors (Lipinski definition) is 1. The van der Waals surface area contributed by atoms with E-state index >= 15 is 0 Å². The summed E-state index contributed by atoms with van der Waals surface area (Å²) in [7, 11) is 0. The first-order valence-corrected chi connectivity index (χ1v) is 7.78. The van der Waals surface area contributed by atoms with Crippen molar-refractivity contribution in [3.63, 3.8) is 0 Å². The molecular formula is C14H20N2O2S. The number of amides is 1. The maximum atomic E-state index is 12.2. The highest BCUT2D eigenvalue weighted by molar-refractivity contribution is 7.99. The molecule has 0 spiro atoms. The van der Waals surface area contributed by atoms with E-state index < -0.39 is 0 Å². The first-order chi connectivity index (χ1) is 9.29. The van der Waals surface area contributed by atoms with Gasteiger partial charge in [0.1, 0.15) is 0 Å². The Balaban J connectivity index is 1.87. The minimum absolute atomic E-state index is 0.0507. The lowest BCUT2D eigenvalue weighted by atomic mass is 10.1. The largest absolute Gasteiger partial charge is 0.379 e. The van der Waals surface area contributed by atoms with Gasteiger partial charge in [0.15, 0.2) is 0 Å². The Hall–Kier alpha value is -1.04. The molecule has 4 nitrogen and oxygen atoms in total. The summed E-state index contributed by atoms with van der Waals surface area (Å²) < 4.78 is 5.27. The number of nitrogens with zero attached hydrogens (tertiary/aromatic N) is 1. The number of carbonyl (C=O) groups is 1. The predicted octanol–water partition coefficient (Wildman–Crippen LogP) is 1.32. The summed E-state index contributed by atoms with van der Waals surface area (Å²) in [5, 5.41) is 1.89.